The van der Waals surface area contributed by atoms with E-state index in [4.69, 9.17) is 4.74 Å². The van der Waals surface area contributed by atoms with Crippen molar-refractivity contribution < 1.29 is 4.74 Å². The molecule has 0 saturated heterocycles. The lowest BCUT2D eigenvalue weighted by molar-refractivity contribution is 0.414. The highest BCUT2D eigenvalue weighted by molar-refractivity contribution is 7.09. The molecule has 2 nitrogen and oxygen atoms in total. The summed E-state index contributed by atoms with van der Waals surface area (Å²) in [5.41, 5.74) is 2.09. The van der Waals surface area contributed by atoms with Gasteiger partial charge in [-0.2, -0.15) is 0 Å². The van der Waals surface area contributed by atoms with Crippen LogP contribution in [0.1, 0.15) is 16.3 Å². The Morgan fingerprint density at radius 1 is 1.33 bits per heavy atom. The highest BCUT2D eigenvalue weighted by Gasteiger charge is 2.00. The number of ether oxygens (including phenoxy) is 1. The molecule has 2 rings (SSSR count). The molecule has 1 radical (unpaired) electrons. The van der Waals surface area contributed by atoms with E-state index in [0.29, 0.717) is 0 Å². The summed E-state index contributed by atoms with van der Waals surface area (Å²) in [7, 11) is 1.67. The maximum atomic E-state index is 5.10. The van der Waals surface area contributed by atoms with Crippen molar-refractivity contribution >= 4 is 11.3 Å². The van der Waals surface area contributed by atoms with Gasteiger partial charge in [0.1, 0.15) is 5.75 Å². The Morgan fingerprint density at radius 2 is 2.07 bits per heavy atom. The van der Waals surface area contributed by atoms with Gasteiger partial charge in [-0.1, -0.05) is 12.1 Å². The molecule has 2 aromatic rings. The van der Waals surface area contributed by atoms with Gasteiger partial charge in [0.2, 0.25) is 0 Å². The Kier molecular flexibility index (Phi) is 3.02. The third-order valence-electron chi connectivity index (χ3n) is 2.11. The molecule has 1 heterocycles. The van der Waals surface area contributed by atoms with Gasteiger partial charge in [0.15, 0.2) is 0 Å². The predicted molar refractivity (Wildman–Crippen MR) is 62.4 cm³/mol. The van der Waals surface area contributed by atoms with Crippen LogP contribution in [0.3, 0.4) is 0 Å². The molecular formula is C12H12NOS. The van der Waals surface area contributed by atoms with Crippen LogP contribution in [0.5, 0.6) is 5.75 Å². The standard InChI is InChI=1S/C12H12NOS/c1-9-8-15-12(13-9)7-10-3-5-11(14-2)6-4-10/h3-6,8H,1,7H2,2H3. The molecule has 15 heavy (non-hydrogen) atoms. The molecule has 0 fully saturated rings. The smallest absolute Gasteiger partial charge is 0.118 e. The molecule has 0 aliphatic rings. The third-order valence-corrected chi connectivity index (χ3v) is 3.01. The highest BCUT2D eigenvalue weighted by atomic mass is 32.1. The van der Waals surface area contributed by atoms with Crippen molar-refractivity contribution in [2.24, 2.45) is 0 Å². The molecule has 0 aliphatic heterocycles. The van der Waals surface area contributed by atoms with Gasteiger partial charge < -0.3 is 4.74 Å². The van der Waals surface area contributed by atoms with E-state index in [-0.39, 0.29) is 0 Å². The minimum atomic E-state index is 0.850. The van der Waals surface area contributed by atoms with E-state index in [2.05, 4.69) is 24.0 Å². The van der Waals surface area contributed by atoms with E-state index in [9.17, 15) is 0 Å². The number of aromatic nitrogens is 1. The Labute approximate surface area is 93.6 Å². The molecule has 0 N–H and O–H groups in total. The zero-order valence-corrected chi connectivity index (χ0v) is 9.38. The summed E-state index contributed by atoms with van der Waals surface area (Å²) >= 11 is 1.65. The molecule has 3 heteroatoms. The maximum Gasteiger partial charge on any atom is 0.118 e. The zero-order chi connectivity index (χ0) is 10.7. The number of rotatable bonds is 3. The van der Waals surface area contributed by atoms with Crippen LogP contribution in [0.4, 0.5) is 0 Å². The lowest BCUT2D eigenvalue weighted by Crippen LogP contribution is -1.88. The van der Waals surface area contributed by atoms with Crippen molar-refractivity contribution in [2.75, 3.05) is 7.11 Å². The van der Waals surface area contributed by atoms with Crippen LogP contribution in [-0.4, -0.2) is 12.1 Å². The number of thiazole rings is 1. The van der Waals surface area contributed by atoms with Gasteiger partial charge in [-0.05, 0) is 24.6 Å². The molecule has 0 saturated carbocycles. The van der Waals surface area contributed by atoms with Crippen molar-refractivity contribution in [1.82, 2.24) is 4.98 Å². The second kappa shape index (κ2) is 4.45. The molecular weight excluding hydrogens is 206 g/mol. The summed E-state index contributed by atoms with van der Waals surface area (Å²) in [6, 6.07) is 8.05. The van der Waals surface area contributed by atoms with Gasteiger partial charge in [-0.15, -0.1) is 11.3 Å². The lowest BCUT2D eigenvalue weighted by Gasteiger charge is -2.01. The molecule has 1 aromatic carbocycles. The van der Waals surface area contributed by atoms with Crippen LogP contribution < -0.4 is 4.74 Å². The molecule has 0 unspecified atom stereocenters. The Balaban J connectivity index is 2.11. The van der Waals surface area contributed by atoms with Gasteiger partial charge in [-0.3, -0.25) is 0 Å². The normalized spacial score (nSPS) is 10.3. The minimum absolute atomic E-state index is 0.850. The van der Waals surface area contributed by atoms with Crippen LogP contribution in [0.15, 0.2) is 29.6 Å². The summed E-state index contributed by atoms with van der Waals surface area (Å²) in [5, 5.41) is 3.07. The molecule has 0 amide bonds. The monoisotopic (exact) mass is 218 g/mol. The molecule has 0 spiro atoms. The average Bonchev–Trinajstić information content (AvgIpc) is 2.65. The maximum absolute atomic E-state index is 5.10. The summed E-state index contributed by atoms with van der Waals surface area (Å²) < 4.78 is 5.10. The molecule has 1 aromatic heterocycles. The number of hydrogen-bond acceptors (Lipinski definition) is 3. The van der Waals surface area contributed by atoms with Crippen LogP contribution in [-0.2, 0) is 6.42 Å². The van der Waals surface area contributed by atoms with E-state index < -0.39 is 0 Å². The van der Waals surface area contributed by atoms with E-state index in [1.165, 1.54) is 5.56 Å². The Hall–Kier alpha value is -1.35. The molecule has 0 aliphatic carbocycles. The molecule has 0 atom stereocenters. The molecule has 77 valence electrons. The van der Waals surface area contributed by atoms with E-state index >= 15 is 0 Å². The first kappa shape index (κ1) is 10.2. The average molecular weight is 218 g/mol. The van der Waals surface area contributed by atoms with Crippen LogP contribution in [0.25, 0.3) is 0 Å². The quantitative estimate of drug-likeness (QED) is 0.790. The summed E-state index contributed by atoms with van der Waals surface area (Å²) in [5.74, 6) is 0.885. The van der Waals surface area contributed by atoms with Gasteiger partial charge >= 0.3 is 0 Å². The highest BCUT2D eigenvalue weighted by Crippen LogP contribution is 2.17. The van der Waals surface area contributed by atoms with Crippen molar-refractivity contribution in [3.63, 3.8) is 0 Å². The summed E-state index contributed by atoms with van der Waals surface area (Å²) in [4.78, 5) is 4.32. The van der Waals surface area contributed by atoms with Gasteiger partial charge in [0.25, 0.3) is 0 Å². The van der Waals surface area contributed by atoms with E-state index in [1.807, 2.05) is 17.5 Å². The Bertz CT molecular complexity index is 433. The SMILES string of the molecule is [CH2]c1csc(Cc2ccc(OC)cc2)n1. The van der Waals surface area contributed by atoms with Crippen LogP contribution >= 0.6 is 11.3 Å². The van der Waals surface area contributed by atoms with Gasteiger partial charge in [0, 0.05) is 11.8 Å². The van der Waals surface area contributed by atoms with Crippen LogP contribution in [0, 0.1) is 6.92 Å². The van der Waals surface area contributed by atoms with Crippen molar-refractivity contribution in [3.05, 3.63) is 52.8 Å². The van der Waals surface area contributed by atoms with Crippen LogP contribution in [0.2, 0.25) is 0 Å². The van der Waals surface area contributed by atoms with Crippen molar-refractivity contribution in [3.8, 4) is 5.75 Å². The fourth-order valence-electron chi connectivity index (χ4n) is 1.35. The molecule has 0 bridgehead atoms. The van der Waals surface area contributed by atoms with Gasteiger partial charge in [-0.25, -0.2) is 4.98 Å². The lowest BCUT2D eigenvalue weighted by atomic mass is 10.1. The first-order chi connectivity index (χ1) is 7.28. The van der Waals surface area contributed by atoms with Crippen molar-refractivity contribution in [2.45, 2.75) is 6.42 Å². The minimum Gasteiger partial charge on any atom is -0.497 e. The number of methoxy groups -OCH3 is 1. The Morgan fingerprint density at radius 3 is 2.60 bits per heavy atom. The topological polar surface area (TPSA) is 22.1 Å². The summed E-state index contributed by atoms with van der Waals surface area (Å²) in [6.45, 7) is 3.79. The number of benzene rings is 1. The largest absolute Gasteiger partial charge is 0.497 e. The predicted octanol–water partition coefficient (Wildman–Crippen LogP) is 2.92. The zero-order valence-electron chi connectivity index (χ0n) is 8.56. The fraction of sp³-hybridized carbons (Fsp3) is 0.167. The number of nitrogens with zero attached hydrogens (tertiary/aromatic N) is 1. The second-order valence-corrected chi connectivity index (χ2v) is 4.20. The summed E-state index contributed by atoms with van der Waals surface area (Å²) in [6.07, 6.45) is 0.865. The number of hydrogen-bond donors (Lipinski definition) is 0. The third kappa shape index (κ3) is 2.57. The van der Waals surface area contributed by atoms with E-state index in [1.54, 1.807) is 18.4 Å². The van der Waals surface area contributed by atoms with E-state index in [0.717, 1.165) is 22.9 Å². The second-order valence-electron chi connectivity index (χ2n) is 3.26. The first-order valence-corrected chi connectivity index (χ1v) is 5.55. The first-order valence-electron chi connectivity index (χ1n) is 4.67. The van der Waals surface area contributed by atoms with Gasteiger partial charge in [0.05, 0.1) is 17.8 Å². The fourth-order valence-corrected chi connectivity index (χ4v) is 2.09. The van der Waals surface area contributed by atoms with Crippen molar-refractivity contribution in [1.29, 1.82) is 0 Å².